The molecule has 1 atom stereocenters. The van der Waals surface area contributed by atoms with Crippen molar-refractivity contribution in [3.8, 4) is 11.5 Å². The van der Waals surface area contributed by atoms with E-state index in [1.807, 2.05) is 24.3 Å². The number of nitrogens with one attached hydrogen (secondary N) is 2. The van der Waals surface area contributed by atoms with Crippen molar-refractivity contribution in [2.24, 2.45) is 0 Å². The van der Waals surface area contributed by atoms with E-state index in [0.29, 0.717) is 30.5 Å². The molecule has 1 aliphatic rings. The summed E-state index contributed by atoms with van der Waals surface area (Å²) in [6, 6.07) is 9.41. The highest BCUT2D eigenvalue weighted by molar-refractivity contribution is 5.93. The SMILES string of the molecule is COc1ccc(CNc2ccc(NC(=O)C3CCCO3)nc2)cc1OC. The Morgan fingerprint density at radius 1 is 1.23 bits per heavy atom. The monoisotopic (exact) mass is 357 g/mol. The molecule has 0 spiro atoms. The Bertz CT molecular complexity index is 743. The van der Waals surface area contributed by atoms with E-state index in [2.05, 4.69) is 15.6 Å². The van der Waals surface area contributed by atoms with Gasteiger partial charge in [0.05, 0.1) is 26.1 Å². The molecule has 1 saturated heterocycles. The molecule has 2 heterocycles. The van der Waals surface area contributed by atoms with Crippen LogP contribution in [-0.4, -0.2) is 37.8 Å². The first kappa shape index (κ1) is 18.0. The van der Waals surface area contributed by atoms with Crippen LogP contribution in [0.5, 0.6) is 11.5 Å². The summed E-state index contributed by atoms with van der Waals surface area (Å²) in [6.07, 6.45) is 3.01. The summed E-state index contributed by atoms with van der Waals surface area (Å²) in [5.41, 5.74) is 1.91. The number of hydrogen-bond donors (Lipinski definition) is 2. The molecular weight excluding hydrogens is 334 g/mol. The quantitative estimate of drug-likeness (QED) is 0.793. The summed E-state index contributed by atoms with van der Waals surface area (Å²) in [6.45, 7) is 1.26. The van der Waals surface area contributed by atoms with E-state index >= 15 is 0 Å². The van der Waals surface area contributed by atoms with Crippen LogP contribution in [0.1, 0.15) is 18.4 Å². The highest BCUT2D eigenvalue weighted by Crippen LogP contribution is 2.27. The van der Waals surface area contributed by atoms with Crippen LogP contribution < -0.4 is 20.1 Å². The largest absolute Gasteiger partial charge is 0.493 e. The molecule has 0 saturated carbocycles. The Hall–Kier alpha value is -2.80. The third-order valence-electron chi connectivity index (χ3n) is 4.18. The number of rotatable bonds is 7. The van der Waals surface area contributed by atoms with Crippen LogP contribution in [-0.2, 0) is 16.1 Å². The maximum absolute atomic E-state index is 12.0. The van der Waals surface area contributed by atoms with E-state index in [4.69, 9.17) is 14.2 Å². The summed E-state index contributed by atoms with van der Waals surface area (Å²) in [5.74, 6) is 1.77. The van der Waals surface area contributed by atoms with Gasteiger partial charge in [-0.3, -0.25) is 4.79 Å². The van der Waals surface area contributed by atoms with Crippen LogP contribution in [0.2, 0.25) is 0 Å². The topological polar surface area (TPSA) is 81.7 Å². The molecular formula is C19H23N3O4. The molecule has 1 amide bonds. The fraction of sp³-hybridized carbons (Fsp3) is 0.368. The number of methoxy groups -OCH3 is 2. The van der Waals surface area contributed by atoms with Gasteiger partial charge < -0.3 is 24.8 Å². The van der Waals surface area contributed by atoms with Gasteiger partial charge >= 0.3 is 0 Å². The van der Waals surface area contributed by atoms with Crippen molar-refractivity contribution in [3.05, 3.63) is 42.1 Å². The van der Waals surface area contributed by atoms with E-state index in [0.717, 1.165) is 24.1 Å². The molecule has 0 radical (unpaired) electrons. The number of aromatic nitrogens is 1. The summed E-state index contributed by atoms with van der Waals surface area (Å²) < 4.78 is 15.9. The Balaban J connectivity index is 1.55. The number of ether oxygens (including phenoxy) is 3. The standard InChI is InChI=1S/C19H23N3O4/c1-24-15-7-5-13(10-17(15)25-2)11-20-14-6-8-18(21-12-14)22-19(23)16-4-3-9-26-16/h5-8,10,12,16,20H,3-4,9,11H2,1-2H3,(H,21,22,23). The lowest BCUT2D eigenvalue weighted by atomic mass is 10.2. The molecule has 26 heavy (non-hydrogen) atoms. The molecule has 3 rings (SSSR count). The highest BCUT2D eigenvalue weighted by atomic mass is 16.5. The molecule has 1 aromatic carbocycles. The van der Waals surface area contributed by atoms with Crippen LogP contribution in [0.25, 0.3) is 0 Å². The van der Waals surface area contributed by atoms with Crippen LogP contribution in [0.3, 0.4) is 0 Å². The van der Waals surface area contributed by atoms with Crippen molar-refractivity contribution in [2.45, 2.75) is 25.5 Å². The van der Waals surface area contributed by atoms with E-state index < -0.39 is 0 Å². The lowest BCUT2D eigenvalue weighted by Crippen LogP contribution is -2.27. The minimum Gasteiger partial charge on any atom is -0.493 e. The minimum absolute atomic E-state index is 0.138. The third kappa shape index (κ3) is 4.43. The first-order valence-corrected chi connectivity index (χ1v) is 8.53. The van der Waals surface area contributed by atoms with E-state index in [1.54, 1.807) is 26.5 Å². The molecule has 1 fully saturated rings. The summed E-state index contributed by atoms with van der Waals surface area (Å²) in [5, 5.41) is 6.07. The molecule has 1 unspecified atom stereocenters. The Labute approximate surface area is 152 Å². The second kappa shape index (κ2) is 8.53. The molecule has 1 aromatic heterocycles. The van der Waals surface area contributed by atoms with Crippen LogP contribution in [0.15, 0.2) is 36.5 Å². The van der Waals surface area contributed by atoms with Gasteiger partial charge in [-0.25, -0.2) is 4.98 Å². The third-order valence-corrected chi connectivity index (χ3v) is 4.18. The molecule has 1 aliphatic heterocycles. The fourth-order valence-electron chi connectivity index (χ4n) is 2.76. The van der Waals surface area contributed by atoms with Gasteiger partial charge in [-0.15, -0.1) is 0 Å². The van der Waals surface area contributed by atoms with Crippen LogP contribution >= 0.6 is 0 Å². The summed E-state index contributed by atoms with van der Waals surface area (Å²) in [4.78, 5) is 16.3. The molecule has 0 bridgehead atoms. The number of carbonyl (C=O) groups is 1. The second-order valence-electron chi connectivity index (χ2n) is 5.97. The average molecular weight is 357 g/mol. The molecule has 138 valence electrons. The summed E-state index contributed by atoms with van der Waals surface area (Å²) in [7, 11) is 3.23. The zero-order valence-corrected chi connectivity index (χ0v) is 15.0. The van der Waals surface area contributed by atoms with Crippen molar-refractivity contribution < 1.29 is 19.0 Å². The van der Waals surface area contributed by atoms with E-state index in [9.17, 15) is 4.79 Å². The molecule has 2 N–H and O–H groups in total. The van der Waals surface area contributed by atoms with Crippen LogP contribution in [0.4, 0.5) is 11.5 Å². The maximum Gasteiger partial charge on any atom is 0.254 e. The molecule has 2 aromatic rings. The van der Waals surface area contributed by atoms with Gasteiger partial charge in [0.15, 0.2) is 11.5 Å². The van der Waals surface area contributed by atoms with Gasteiger partial charge in [-0.05, 0) is 42.7 Å². The smallest absolute Gasteiger partial charge is 0.254 e. The van der Waals surface area contributed by atoms with Gasteiger partial charge in [-0.2, -0.15) is 0 Å². The van der Waals surface area contributed by atoms with Crippen LogP contribution in [0, 0.1) is 0 Å². The van der Waals surface area contributed by atoms with E-state index in [1.165, 1.54) is 0 Å². The zero-order valence-electron chi connectivity index (χ0n) is 15.0. The number of carbonyl (C=O) groups excluding carboxylic acids is 1. The van der Waals surface area contributed by atoms with Gasteiger partial charge in [0.25, 0.3) is 5.91 Å². The first-order valence-electron chi connectivity index (χ1n) is 8.53. The predicted octanol–water partition coefficient (Wildman–Crippen LogP) is 2.83. The summed E-state index contributed by atoms with van der Waals surface area (Å²) >= 11 is 0. The van der Waals surface area contributed by atoms with Gasteiger partial charge in [-0.1, -0.05) is 6.07 Å². The molecule has 0 aliphatic carbocycles. The second-order valence-corrected chi connectivity index (χ2v) is 5.97. The van der Waals surface area contributed by atoms with Crippen molar-refractivity contribution >= 4 is 17.4 Å². The van der Waals surface area contributed by atoms with Gasteiger partial charge in [0.2, 0.25) is 0 Å². The first-order chi connectivity index (χ1) is 12.7. The lowest BCUT2D eigenvalue weighted by molar-refractivity contribution is -0.124. The van der Waals surface area contributed by atoms with Crippen molar-refractivity contribution in [2.75, 3.05) is 31.5 Å². The molecule has 7 nitrogen and oxygen atoms in total. The van der Waals surface area contributed by atoms with E-state index in [-0.39, 0.29) is 12.0 Å². The Kier molecular flexibility index (Phi) is 5.91. The number of nitrogens with zero attached hydrogens (tertiary/aromatic N) is 1. The maximum atomic E-state index is 12.0. The predicted molar refractivity (Wildman–Crippen MR) is 98.7 cm³/mol. The van der Waals surface area contributed by atoms with Gasteiger partial charge in [0, 0.05) is 13.2 Å². The lowest BCUT2D eigenvalue weighted by Gasteiger charge is -2.12. The minimum atomic E-state index is -0.361. The number of amides is 1. The highest BCUT2D eigenvalue weighted by Gasteiger charge is 2.23. The number of pyridine rings is 1. The zero-order chi connectivity index (χ0) is 18.4. The Morgan fingerprint density at radius 2 is 2.08 bits per heavy atom. The normalized spacial score (nSPS) is 16.2. The molecule has 7 heteroatoms. The van der Waals surface area contributed by atoms with Crippen molar-refractivity contribution in [1.82, 2.24) is 4.98 Å². The number of hydrogen-bond acceptors (Lipinski definition) is 6. The van der Waals surface area contributed by atoms with Gasteiger partial charge in [0.1, 0.15) is 11.9 Å². The average Bonchev–Trinajstić information content (AvgIpc) is 3.22. The number of anilines is 2. The van der Waals surface area contributed by atoms with Crippen molar-refractivity contribution in [1.29, 1.82) is 0 Å². The number of benzene rings is 1. The fourth-order valence-corrected chi connectivity index (χ4v) is 2.76. The van der Waals surface area contributed by atoms with Crippen molar-refractivity contribution in [3.63, 3.8) is 0 Å². The Morgan fingerprint density at radius 3 is 2.73 bits per heavy atom.